The van der Waals surface area contributed by atoms with Crippen LogP contribution in [0.5, 0.6) is 0 Å². The number of benzene rings is 2. The average molecular weight is 361 g/mol. The van der Waals surface area contributed by atoms with Crippen molar-refractivity contribution in [2.24, 2.45) is 0 Å². The average Bonchev–Trinajstić information content (AvgIpc) is 2.99. The summed E-state index contributed by atoms with van der Waals surface area (Å²) in [5, 5.41) is 3.20. The molecule has 130 valence electrons. The van der Waals surface area contributed by atoms with Gasteiger partial charge in [0.25, 0.3) is 0 Å². The zero-order valence-electron chi connectivity index (χ0n) is 13.6. The molecule has 4 nitrogen and oxygen atoms in total. The fourth-order valence-corrected chi connectivity index (χ4v) is 3.16. The van der Waals surface area contributed by atoms with Crippen LogP contribution >= 0.6 is 11.6 Å². The zero-order valence-corrected chi connectivity index (χ0v) is 14.4. The van der Waals surface area contributed by atoms with Crippen LogP contribution in [0.1, 0.15) is 24.8 Å². The molecule has 0 radical (unpaired) electrons. The van der Waals surface area contributed by atoms with Crippen molar-refractivity contribution in [2.75, 3.05) is 16.8 Å². The summed E-state index contributed by atoms with van der Waals surface area (Å²) >= 11 is 6.26. The minimum Gasteiger partial charge on any atom is -0.326 e. The summed E-state index contributed by atoms with van der Waals surface area (Å²) in [6.45, 7) is 0.665. The highest BCUT2D eigenvalue weighted by atomic mass is 35.5. The summed E-state index contributed by atoms with van der Waals surface area (Å²) in [7, 11) is 0. The maximum Gasteiger partial charge on any atom is 0.227 e. The Kier molecular flexibility index (Phi) is 5.34. The molecule has 1 fully saturated rings. The number of halogens is 2. The van der Waals surface area contributed by atoms with E-state index in [4.69, 9.17) is 11.6 Å². The topological polar surface area (TPSA) is 49.4 Å². The van der Waals surface area contributed by atoms with Crippen LogP contribution in [0.4, 0.5) is 15.8 Å². The third-order valence-electron chi connectivity index (χ3n) is 4.13. The van der Waals surface area contributed by atoms with Crippen molar-refractivity contribution in [3.05, 3.63) is 58.9 Å². The lowest BCUT2D eigenvalue weighted by Gasteiger charge is -2.18. The van der Waals surface area contributed by atoms with E-state index in [0.717, 1.165) is 12.0 Å². The van der Waals surface area contributed by atoms with Gasteiger partial charge in [0.15, 0.2) is 0 Å². The van der Waals surface area contributed by atoms with Crippen molar-refractivity contribution >= 4 is 34.8 Å². The number of hydrogen-bond acceptors (Lipinski definition) is 2. The van der Waals surface area contributed by atoms with Gasteiger partial charge in [0, 0.05) is 25.1 Å². The van der Waals surface area contributed by atoms with Crippen LogP contribution < -0.4 is 10.2 Å². The summed E-state index contributed by atoms with van der Waals surface area (Å²) in [4.78, 5) is 25.5. The van der Waals surface area contributed by atoms with Gasteiger partial charge in [0.1, 0.15) is 5.82 Å². The molecular weight excluding hydrogens is 343 g/mol. The number of carbonyl (C=O) groups is 2. The van der Waals surface area contributed by atoms with Gasteiger partial charge in [-0.2, -0.15) is 0 Å². The van der Waals surface area contributed by atoms with Crippen molar-refractivity contribution in [3.8, 4) is 0 Å². The Morgan fingerprint density at radius 2 is 2.08 bits per heavy atom. The molecule has 2 aromatic carbocycles. The highest BCUT2D eigenvalue weighted by Gasteiger charge is 2.23. The molecule has 2 amide bonds. The molecule has 0 spiro atoms. The second-order valence-electron chi connectivity index (χ2n) is 5.99. The number of nitrogens with one attached hydrogen (secondary N) is 1. The first-order valence-electron chi connectivity index (χ1n) is 8.17. The zero-order chi connectivity index (χ0) is 17.8. The Labute approximate surface area is 150 Å². The molecule has 1 aliphatic rings. The highest BCUT2D eigenvalue weighted by molar-refractivity contribution is 6.34. The largest absolute Gasteiger partial charge is 0.326 e. The van der Waals surface area contributed by atoms with Gasteiger partial charge < -0.3 is 10.2 Å². The molecule has 6 heteroatoms. The lowest BCUT2D eigenvalue weighted by molar-refractivity contribution is -0.117. The molecule has 1 aliphatic heterocycles. The Balaban J connectivity index is 1.60. The Morgan fingerprint density at radius 3 is 2.76 bits per heavy atom. The monoisotopic (exact) mass is 360 g/mol. The molecule has 0 unspecified atom stereocenters. The van der Waals surface area contributed by atoms with Gasteiger partial charge >= 0.3 is 0 Å². The predicted molar refractivity (Wildman–Crippen MR) is 96.4 cm³/mol. The Morgan fingerprint density at radius 1 is 1.24 bits per heavy atom. The molecule has 1 saturated heterocycles. The quantitative estimate of drug-likeness (QED) is 0.869. The molecule has 0 aromatic heterocycles. The van der Waals surface area contributed by atoms with E-state index in [1.165, 1.54) is 12.1 Å². The standard InChI is InChI=1S/C19H18ClFN2O2/c20-16-12-15(7-8-17(16)23-10-2-5-19(23)25)22-18(24)9-6-13-3-1-4-14(21)11-13/h1,3-4,7-8,11-12H,2,5-6,9-10H2,(H,22,24). The number of amides is 2. The fourth-order valence-electron chi connectivity index (χ4n) is 2.88. The maximum absolute atomic E-state index is 13.1. The van der Waals surface area contributed by atoms with Crippen molar-refractivity contribution < 1.29 is 14.0 Å². The molecule has 1 heterocycles. The summed E-state index contributed by atoms with van der Waals surface area (Å²) in [6, 6.07) is 11.3. The summed E-state index contributed by atoms with van der Waals surface area (Å²) < 4.78 is 13.1. The summed E-state index contributed by atoms with van der Waals surface area (Å²) in [5.41, 5.74) is 2.02. The van der Waals surface area contributed by atoms with Crippen LogP contribution in [-0.2, 0) is 16.0 Å². The molecule has 0 aliphatic carbocycles. The van der Waals surface area contributed by atoms with Gasteiger partial charge in [0.2, 0.25) is 11.8 Å². The third kappa shape index (κ3) is 4.37. The van der Waals surface area contributed by atoms with Crippen molar-refractivity contribution in [2.45, 2.75) is 25.7 Å². The number of rotatable bonds is 5. The molecule has 0 atom stereocenters. The SMILES string of the molecule is O=C(CCc1cccc(F)c1)Nc1ccc(N2CCCC2=O)c(Cl)c1. The predicted octanol–water partition coefficient (Wildman–Crippen LogP) is 4.18. The smallest absolute Gasteiger partial charge is 0.227 e. The van der Waals surface area contributed by atoms with E-state index in [-0.39, 0.29) is 24.1 Å². The van der Waals surface area contributed by atoms with Crippen LogP contribution in [0.2, 0.25) is 5.02 Å². The number of aryl methyl sites for hydroxylation is 1. The summed E-state index contributed by atoms with van der Waals surface area (Å²) in [6.07, 6.45) is 2.06. The van der Waals surface area contributed by atoms with Crippen LogP contribution in [0.25, 0.3) is 0 Å². The van der Waals surface area contributed by atoms with E-state index in [1.807, 2.05) is 0 Å². The van der Waals surface area contributed by atoms with Crippen molar-refractivity contribution in [3.63, 3.8) is 0 Å². The van der Waals surface area contributed by atoms with Crippen LogP contribution in [0.15, 0.2) is 42.5 Å². The van der Waals surface area contributed by atoms with E-state index in [9.17, 15) is 14.0 Å². The van der Waals surface area contributed by atoms with Gasteiger partial charge in [-0.25, -0.2) is 4.39 Å². The number of carbonyl (C=O) groups excluding carboxylic acids is 2. The molecular formula is C19H18ClFN2O2. The summed E-state index contributed by atoms with van der Waals surface area (Å²) in [5.74, 6) is -0.421. The third-order valence-corrected chi connectivity index (χ3v) is 4.43. The van der Waals surface area contributed by atoms with E-state index in [1.54, 1.807) is 35.2 Å². The second-order valence-corrected chi connectivity index (χ2v) is 6.40. The Hall–Kier alpha value is -2.40. The van der Waals surface area contributed by atoms with Gasteiger partial charge in [-0.05, 0) is 48.7 Å². The lowest BCUT2D eigenvalue weighted by atomic mass is 10.1. The maximum atomic E-state index is 13.1. The molecule has 1 N–H and O–H groups in total. The molecule has 2 aromatic rings. The van der Waals surface area contributed by atoms with Crippen LogP contribution in [0, 0.1) is 5.82 Å². The minimum absolute atomic E-state index is 0.0637. The van der Waals surface area contributed by atoms with E-state index in [2.05, 4.69) is 5.32 Å². The minimum atomic E-state index is -0.309. The van der Waals surface area contributed by atoms with Gasteiger partial charge in [-0.1, -0.05) is 23.7 Å². The van der Waals surface area contributed by atoms with Gasteiger partial charge in [0.05, 0.1) is 10.7 Å². The van der Waals surface area contributed by atoms with Crippen molar-refractivity contribution in [1.29, 1.82) is 0 Å². The second kappa shape index (κ2) is 7.66. The number of nitrogens with zero attached hydrogens (tertiary/aromatic N) is 1. The van der Waals surface area contributed by atoms with E-state index >= 15 is 0 Å². The van der Waals surface area contributed by atoms with Gasteiger partial charge in [-0.15, -0.1) is 0 Å². The van der Waals surface area contributed by atoms with E-state index < -0.39 is 0 Å². The first kappa shape index (κ1) is 17.4. The first-order chi connectivity index (χ1) is 12.0. The molecule has 25 heavy (non-hydrogen) atoms. The lowest BCUT2D eigenvalue weighted by Crippen LogP contribution is -2.24. The fraction of sp³-hybridized carbons (Fsp3) is 0.263. The normalized spacial score (nSPS) is 14.0. The first-order valence-corrected chi connectivity index (χ1v) is 8.55. The van der Waals surface area contributed by atoms with E-state index in [0.29, 0.717) is 35.8 Å². The van der Waals surface area contributed by atoms with Crippen molar-refractivity contribution in [1.82, 2.24) is 0 Å². The Bertz CT molecular complexity index is 810. The molecule has 0 bridgehead atoms. The number of hydrogen-bond donors (Lipinski definition) is 1. The van der Waals surface area contributed by atoms with Crippen LogP contribution in [-0.4, -0.2) is 18.4 Å². The molecule has 3 rings (SSSR count). The molecule has 0 saturated carbocycles. The number of anilines is 2. The highest BCUT2D eigenvalue weighted by Crippen LogP contribution is 2.31. The van der Waals surface area contributed by atoms with Crippen LogP contribution in [0.3, 0.4) is 0 Å². The van der Waals surface area contributed by atoms with Gasteiger partial charge in [-0.3, -0.25) is 9.59 Å².